The summed E-state index contributed by atoms with van der Waals surface area (Å²) in [7, 11) is 1.84. The van der Waals surface area contributed by atoms with Gasteiger partial charge in [0.2, 0.25) is 0 Å². The summed E-state index contributed by atoms with van der Waals surface area (Å²) in [6, 6.07) is 1.80. The first kappa shape index (κ1) is 9.00. The van der Waals surface area contributed by atoms with Crippen molar-refractivity contribution in [3.63, 3.8) is 0 Å². The lowest BCUT2D eigenvalue weighted by atomic mass is 10.3. The van der Waals surface area contributed by atoms with E-state index in [-0.39, 0.29) is 5.78 Å². The lowest BCUT2D eigenvalue weighted by Crippen LogP contribution is -2.00. The summed E-state index contributed by atoms with van der Waals surface area (Å²) < 4.78 is 3.60. The van der Waals surface area contributed by atoms with Crippen molar-refractivity contribution >= 4 is 37.6 Å². The number of nitrogens with zero attached hydrogens (tertiary/aromatic N) is 1. The summed E-state index contributed by atoms with van der Waals surface area (Å²) in [5.74, 6) is 0.0684. The third-order valence-corrected chi connectivity index (χ3v) is 3.57. The van der Waals surface area contributed by atoms with E-state index >= 15 is 0 Å². The molecule has 0 spiro atoms. The number of Topliss-reactive ketones (excluding diaryl/α,β-unsaturated/α-hetero) is 1. The summed E-state index contributed by atoms with van der Waals surface area (Å²) in [6.45, 7) is 1.55. The largest absolute Gasteiger partial charge is 0.335 e. The Kier molecular flexibility index (Phi) is 2.54. The molecular formula is C7H7Br2NO. The van der Waals surface area contributed by atoms with E-state index in [1.165, 1.54) is 0 Å². The zero-order valence-electron chi connectivity index (χ0n) is 6.19. The third kappa shape index (κ3) is 1.56. The molecule has 0 amide bonds. The summed E-state index contributed by atoms with van der Waals surface area (Å²) in [5, 5.41) is 0. The molecule has 11 heavy (non-hydrogen) atoms. The number of halogens is 2. The van der Waals surface area contributed by atoms with Gasteiger partial charge in [-0.3, -0.25) is 4.79 Å². The minimum absolute atomic E-state index is 0.0684. The Balaban J connectivity index is 3.29. The van der Waals surface area contributed by atoms with Crippen LogP contribution in [0.3, 0.4) is 0 Å². The summed E-state index contributed by atoms with van der Waals surface area (Å²) in [4.78, 5) is 11.0. The zero-order valence-corrected chi connectivity index (χ0v) is 9.36. The maximum absolute atomic E-state index is 11.0. The molecule has 1 rings (SSSR count). The van der Waals surface area contributed by atoms with E-state index in [0.717, 1.165) is 9.08 Å². The fraction of sp³-hybridized carbons (Fsp3) is 0.286. The Hall–Kier alpha value is -0.0900. The van der Waals surface area contributed by atoms with Crippen LogP contribution in [-0.2, 0) is 7.05 Å². The van der Waals surface area contributed by atoms with Crippen LogP contribution in [0.15, 0.2) is 15.1 Å². The van der Waals surface area contributed by atoms with Crippen LogP contribution in [0.25, 0.3) is 0 Å². The minimum Gasteiger partial charge on any atom is -0.335 e. The first-order valence-electron chi connectivity index (χ1n) is 3.05. The van der Waals surface area contributed by atoms with Gasteiger partial charge >= 0.3 is 0 Å². The van der Waals surface area contributed by atoms with E-state index in [1.807, 2.05) is 7.05 Å². The van der Waals surface area contributed by atoms with Crippen molar-refractivity contribution in [1.29, 1.82) is 0 Å². The molecule has 0 radical (unpaired) electrons. The van der Waals surface area contributed by atoms with Gasteiger partial charge in [0, 0.05) is 14.0 Å². The van der Waals surface area contributed by atoms with Crippen LogP contribution in [-0.4, -0.2) is 10.4 Å². The SMILES string of the molecule is CC(=O)c1cc(Br)c(Br)n1C. The number of aromatic nitrogens is 1. The van der Waals surface area contributed by atoms with Gasteiger partial charge in [0.05, 0.1) is 14.8 Å². The molecule has 60 valence electrons. The van der Waals surface area contributed by atoms with E-state index in [4.69, 9.17) is 0 Å². The summed E-state index contributed by atoms with van der Waals surface area (Å²) in [5.41, 5.74) is 0.698. The van der Waals surface area contributed by atoms with E-state index in [1.54, 1.807) is 17.6 Å². The molecule has 0 N–H and O–H groups in total. The van der Waals surface area contributed by atoms with Crippen molar-refractivity contribution < 1.29 is 4.79 Å². The number of carbonyl (C=O) groups excluding carboxylic acids is 1. The third-order valence-electron chi connectivity index (χ3n) is 1.48. The van der Waals surface area contributed by atoms with Crippen LogP contribution in [0.1, 0.15) is 17.4 Å². The maximum atomic E-state index is 11.0. The molecule has 1 aromatic heterocycles. The van der Waals surface area contributed by atoms with Crippen LogP contribution in [0.5, 0.6) is 0 Å². The van der Waals surface area contributed by atoms with Crippen LogP contribution in [0, 0.1) is 0 Å². The van der Waals surface area contributed by atoms with Gasteiger partial charge < -0.3 is 4.57 Å². The number of rotatable bonds is 1. The van der Waals surface area contributed by atoms with Gasteiger partial charge in [-0.1, -0.05) is 0 Å². The number of ketones is 1. The Morgan fingerprint density at radius 2 is 2.09 bits per heavy atom. The number of hydrogen-bond acceptors (Lipinski definition) is 1. The van der Waals surface area contributed by atoms with Crippen LogP contribution >= 0.6 is 31.9 Å². The lowest BCUT2D eigenvalue weighted by molar-refractivity contribution is 0.101. The second-order valence-corrected chi connectivity index (χ2v) is 3.89. The molecule has 0 aliphatic carbocycles. The Bertz CT molecular complexity index is 304. The molecule has 0 atom stereocenters. The highest BCUT2D eigenvalue weighted by molar-refractivity contribution is 9.13. The van der Waals surface area contributed by atoms with Crippen LogP contribution < -0.4 is 0 Å². The molecule has 0 fully saturated rings. The van der Waals surface area contributed by atoms with Crippen LogP contribution in [0.2, 0.25) is 0 Å². The van der Waals surface area contributed by atoms with Crippen molar-refractivity contribution in [2.45, 2.75) is 6.92 Å². The Morgan fingerprint density at radius 1 is 1.55 bits per heavy atom. The van der Waals surface area contributed by atoms with Gasteiger partial charge in [-0.2, -0.15) is 0 Å². The highest BCUT2D eigenvalue weighted by Crippen LogP contribution is 2.26. The average molecular weight is 281 g/mol. The molecule has 1 aromatic rings. The van der Waals surface area contributed by atoms with Gasteiger partial charge in [-0.25, -0.2) is 0 Å². The van der Waals surface area contributed by atoms with E-state index in [9.17, 15) is 4.79 Å². The molecule has 0 saturated heterocycles. The lowest BCUT2D eigenvalue weighted by Gasteiger charge is -1.98. The minimum atomic E-state index is 0.0684. The smallest absolute Gasteiger partial charge is 0.176 e. The second kappa shape index (κ2) is 3.11. The first-order chi connectivity index (χ1) is 5.04. The zero-order chi connectivity index (χ0) is 8.59. The van der Waals surface area contributed by atoms with Gasteiger partial charge in [-0.15, -0.1) is 0 Å². The fourth-order valence-electron chi connectivity index (χ4n) is 0.880. The highest BCUT2D eigenvalue weighted by Gasteiger charge is 2.10. The Morgan fingerprint density at radius 3 is 2.27 bits per heavy atom. The Labute approximate surface area is 81.8 Å². The van der Waals surface area contributed by atoms with Crippen molar-refractivity contribution in [2.24, 2.45) is 7.05 Å². The van der Waals surface area contributed by atoms with Crippen LogP contribution in [0.4, 0.5) is 0 Å². The molecule has 0 unspecified atom stereocenters. The molecule has 0 aliphatic heterocycles. The fourth-order valence-corrected chi connectivity index (χ4v) is 1.67. The summed E-state index contributed by atoms with van der Waals surface area (Å²) in [6.07, 6.45) is 0. The standard InChI is InChI=1S/C7H7Br2NO/c1-4(11)6-3-5(8)7(9)10(6)2/h3H,1-2H3. The van der Waals surface area contributed by atoms with E-state index < -0.39 is 0 Å². The van der Waals surface area contributed by atoms with E-state index in [0.29, 0.717) is 5.69 Å². The summed E-state index contributed by atoms with van der Waals surface area (Å²) >= 11 is 6.65. The maximum Gasteiger partial charge on any atom is 0.176 e. The van der Waals surface area contributed by atoms with Crippen molar-refractivity contribution in [1.82, 2.24) is 4.57 Å². The number of hydrogen-bond donors (Lipinski definition) is 0. The van der Waals surface area contributed by atoms with Gasteiger partial charge in [-0.05, 0) is 37.9 Å². The first-order valence-corrected chi connectivity index (χ1v) is 4.64. The topological polar surface area (TPSA) is 22.0 Å². The predicted octanol–water partition coefficient (Wildman–Crippen LogP) is 2.75. The van der Waals surface area contributed by atoms with Gasteiger partial charge in [0.25, 0.3) is 0 Å². The molecule has 1 heterocycles. The molecule has 0 aromatic carbocycles. The molecular weight excluding hydrogens is 274 g/mol. The predicted molar refractivity (Wildman–Crippen MR) is 50.8 cm³/mol. The molecule has 0 aliphatic rings. The quantitative estimate of drug-likeness (QED) is 0.725. The normalized spacial score (nSPS) is 10.2. The van der Waals surface area contributed by atoms with Crippen molar-refractivity contribution in [3.8, 4) is 0 Å². The van der Waals surface area contributed by atoms with Crippen molar-refractivity contribution in [2.75, 3.05) is 0 Å². The molecule has 2 nitrogen and oxygen atoms in total. The average Bonchev–Trinajstić information content (AvgIpc) is 2.17. The molecule has 4 heteroatoms. The highest BCUT2D eigenvalue weighted by atomic mass is 79.9. The van der Waals surface area contributed by atoms with E-state index in [2.05, 4.69) is 31.9 Å². The van der Waals surface area contributed by atoms with Gasteiger partial charge in [0.15, 0.2) is 5.78 Å². The monoisotopic (exact) mass is 279 g/mol. The molecule has 0 bridgehead atoms. The number of carbonyl (C=O) groups is 1. The molecule has 0 saturated carbocycles. The van der Waals surface area contributed by atoms with Gasteiger partial charge in [0.1, 0.15) is 0 Å². The van der Waals surface area contributed by atoms with Crippen molar-refractivity contribution in [3.05, 3.63) is 20.8 Å². The second-order valence-electron chi connectivity index (χ2n) is 2.28.